The molecule has 3 fully saturated rings. The van der Waals surface area contributed by atoms with Crippen molar-refractivity contribution in [3.63, 3.8) is 0 Å². The maximum Gasteiger partial charge on any atom is 0.328 e. The standard InChI is InChI=1S/C26H31BrN2O7S/c1-15-21-23(32)29(26(9-10-26)13-20(30)31)25(33)28(24(21)37-22(15)27)14-19(36-16-7-11-35-12-8-16)17-5-3-4-6-18(17)34-2/h3-6,16,19,21,24H,7-14H2,1-2H3,(H,30,31)/t19-,21?,24?/m0/s1. The molecule has 3 aliphatic heterocycles. The molecule has 5 rings (SSSR count). The summed E-state index contributed by atoms with van der Waals surface area (Å²) < 4.78 is 18.6. The molecule has 9 nitrogen and oxygen atoms in total. The van der Waals surface area contributed by atoms with E-state index >= 15 is 0 Å². The number of fused-ring (bicyclic) bond motifs is 1. The van der Waals surface area contributed by atoms with Crippen molar-refractivity contribution in [3.8, 4) is 5.75 Å². The number of carbonyl (C=O) groups excluding carboxylic acids is 2. The highest BCUT2D eigenvalue weighted by molar-refractivity contribution is 9.14. The number of nitrogens with zero attached hydrogens (tertiary/aromatic N) is 2. The number of benzene rings is 1. The molecule has 0 spiro atoms. The molecule has 11 heteroatoms. The van der Waals surface area contributed by atoms with Crippen molar-refractivity contribution >= 4 is 45.6 Å². The Hall–Kier alpha value is -2.08. The predicted molar refractivity (Wildman–Crippen MR) is 140 cm³/mol. The van der Waals surface area contributed by atoms with Crippen molar-refractivity contribution in [3.05, 3.63) is 39.2 Å². The number of imide groups is 1. The molecule has 1 aromatic rings. The summed E-state index contributed by atoms with van der Waals surface area (Å²) in [7, 11) is 1.60. The highest BCUT2D eigenvalue weighted by Gasteiger charge is 2.61. The summed E-state index contributed by atoms with van der Waals surface area (Å²) in [6, 6.07) is 7.14. The Bertz CT molecular complexity index is 1120. The minimum absolute atomic E-state index is 0.0401. The van der Waals surface area contributed by atoms with Crippen LogP contribution in [0.15, 0.2) is 33.7 Å². The van der Waals surface area contributed by atoms with Crippen LogP contribution in [0.4, 0.5) is 4.79 Å². The van der Waals surface area contributed by atoms with Gasteiger partial charge in [0.25, 0.3) is 0 Å². The van der Waals surface area contributed by atoms with E-state index < -0.39 is 34.9 Å². The van der Waals surface area contributed by atoms with Crippen LogP contribution in [0.25, 0.3) is 0 Å². The molecule has 3 amide bonds. The molecule has 3 heterocycles. The Morgan fingerprint density at radius 3 is 2.62 bits per heavy atom. The Labute approximate surface area is 228 Å². The fraction of sp³-hybridized carbons (Fsp3) is 0.577. The molecule has 4 aliphatic rings. The van der Waals surface area contributed by atoms with E-state index in [1.807, 2.05) is 31.2 Å². The van der Waals surface area contributed by atoms with Gasteiger partial charge in [-0.2, -0.15) is 0 Å². The highest BCUT2D eigenvalue weighted by Crippen LogP contribution is 2.54. The second-order valence-corrected chi connectivity index (χ2v) is 12.5. The number of hydrogen-bond acceptors (Lipinski definition) is 7. The lowest BCUT2D eigenvalue weighted by Gasteiger charge is -2.46. The van der Waals surface area contributed by atoms with E-state index in [-0.39, 0.29) is 25.0 Å². The van der Waals surface area contributed by atoms with Crippen LogP contribution in [0.3, 0.4) is 0 Å². The molecule has 2 unspecified atom stereocenters. The van der Waals surface area contributed by atoms with E-state index in [0.29, 0.717) is 31.8 Å². The monoisotopic (exact) mass is 594 g/mol. The Kier molecular flexibility index (Phi) is 7.59. The second kappa shape index (κ2) is 10.6. The van der Waals surface area contributed by atoms with Gasteiger partial charge in [-0.05, 0) is 60.2 Å². The number of thioether (sulfide) groups is 1. The zero-order valence-electron chi connectivity index (χ0n) is 20.9. The number of para-hydroxylation sites is 1. The molecular formula is C26H31BrN2O7S. The van der Waals surface area contributed by atoms with Crippen LogP contribution in [0.5, 0.6) is 5.75 Å². The first-order chi connectivity index (χ1) is 17.8. The highest BCUT2D eigenvalue weighted by atomic mass is 79.9. The molecule has 1 aliphatic carbocycles. The summed E-state index contributed by atoms with van der Waals surface area (Å²) in [5.74, 6) is -1.23. The molecular weight excluding hydrogens is 564 g/mol. The van der Waals surface area contributed by atoms with E-state index in [9.17, 15) is 19.5 Å². The lowest BCUT2D eigenvalue weighted by atomic mass is 9.94. The molecule has 1 aromatic carbocycles. The number of carbonyl (C=O) groups is 3. The first-order valence-corrected chi connectivity index (χ1v) is 14.2. The van der Waals surface area contributed by atoms with Gasteiger partial charge in [-0.1, -0.05) is 30.0 Å². The molecule has 0 radical (unpaired) electrons. The fourth-order valence-electron chi connectivity index (χ4n) is 5.52. The van der Waals surface area contributed by atoms with Crippen molar-refractivity contribution in [2.45, 2.75) is 62.1 Å². The van der Waals surface area contributed by atoms with Gasteiger partial charge in [-0.15, -0.1) is 0 Å². The number of carboxylic acid groups (broad SMARTS) is 1. The molecule has 200 valence electrons. The topological polar surface area (TPSA) is 106 Å². The largest absolute Gasteiger partial charge is 0.496 e. The molecule has 3 atom stereocenters. The quantitative estimate of drug-likeness (QED) is 0.445. The van der Waals surface area contributed by atoms with E-state index in [2.05, 4.69) is 15.9 Å². The first-order valence-electron chi connectivity index (χ1n) is 12.5. The smallest absolute Gasteiger partial charge is 0.328 e. The van der Waals surface area contributed by atoms with Gasteiger partial charge >= 0.3 is 12.0 Å². The summed E-state index contributed by atoms with van der Waals surface area (Å²) in [4.78, 5) is 42.4. The lowest BCUT2D eigenvalue weighted by Crippen LogP contribution is -2.64. The summed E-state index contributed by atoms with van der Waals surface area (Å²) in [6.45, 7) is 3.31. The van der Waals surface area contributed by atoms with Crippen LogP contribution in [0, 0.1) is 5.92 Å². The van der Waals surface area contributed by atoms with Crippen molar-refractivity contribution in [2.24, 2.45) is 5.92 Å². The SMILES string of the molecule is COc1ccccc1[C@H](CN1C(=O)N(C2(CC(=O)O)CC2)C(=O)C2C(C)=C(Br)SC21)OC1CCOCC1. The minimum atomic E-state index is -1.02. The Morgan fingerprint density at radius 1 is 1.27 bits per heavy atom. The van der Waals surface area contributed by atoms with Crippen LogP contribution >= 0.6 is 27.7 Å². The molecule has 0 aromatic heterocycles. The summed E-state index contributed by atoms with van der Waals surface area (Å²) in [5.41, 5.74) is 0.709. The van der Waals surface area contributed by atoms with Crippen LogP contribution in [0.2, 0.25) is 0 Å². The Balaban J connectivity index is 1.51. The average molecular weight is 596 g/mol. The average Bonchev–Trinajstić information content (AvgIpc) is 3.57. The van der Waals surface area contributed by atoms with Gasteiger partial charge in [0.15, 0.2) is 0 Å². The number of urea groups is 1. The maximum absolute atomic E-state index is 14.1. The van der Waals surface area contributed by atoms with Crippen molar-refractivity contribution in [2.75, 3.05) is 26.9 Å². The van der Waals surface area contributed by atoms with Crippen LogP contribution in [0.1, 0.15) is 50.7 Å². The second-order valence-electron chi connectivity index (χ2n) is 10.0. The van der Waals surface area contributed by atoms with E-state index in [1.54, 1.807) is 12.0 Å². The van der Waals surface area contributed by atoms with Crippen LogP contribution in [-0.4, -0.2) is 76.7 Å². The third-order valence-corrected chi connectivity index (χ3v) is 10.2. The van der Waals surface area contributed by atoms with Gasteiger partial charge in [0.2, 0.25) is 5.91 Å². The zero-order chi connectivity index (χ0) is 26.3. The Morgan fingerprint density at radius 2 is 1.97 bits per heavy atom. The number of aliphatic carboxylic acids is 1. The van der Waals surface area contributed by atoms with Gasteiger partial charge in [0.05, 0.1) is 41.5 Å². The van der Waals surface area contributed by atoms with E-state index in [4.69, 9.17) is 14.2 Å². The molecule has 0 bridgehead atoms. The number of halogens is 1. The number of amides is 3. The molecule has 2 saturated heterocycles. The van der Waals surface area contributed by atoms with Gasteiger partial charge in [0, 0.05) is 18.8 Å². The number of hydrogen-bond donors (Lipinski definition) is 1. The fourth-order valence-corrected chi connectivity index (χ4v) is 7.62. The van der Waals surface area contributed by atoms with Crippen molar-refractivity contribution in [1.82, 2.24) is 9.80 Å². The third-order valence-electron chi connectivity index (χ3n) is 7.67. The van der Waals surface area contributed by atoms with Gasteiger partial charge in [-0.3, -0.25) is 14.5 Å². The van der Waals surface area contributed by atoms with Crippen LogP contribution in [-0.2, 0) is 19.1 Å². The van der Waals surface area contributed by atoms with E-state index in [1.165, 1.54) is 16.7 Å². The number of carboxylic acids is 1. The summed E-state index contributed by atoms with van der Waals surface area (Å²) in [5, 5.41) is 9.10. The number of ether oxygens (including phenoxy) is 3. The zero-order valence-corrected chi connectivity index (χ0v) is 23.3. The number of rotatable bonds is 9. The molecule has 1 saturated carbocycles. The predicted octanol–water partition coefficient (Wildman–Crippen LogP) is 4.52. The van der Waals surface area contributed by atoms with E-state index in [0.717, 1.165) is 27.8 Å². The van der Waals surface area contributed by atoms with Crippen LogP contribution < -0.4 is 4.74 Å². The lowest BCUT2D eigenvalue weighted by molar-refractivity contribution is -0.143. The minimum Gasteiger partial charge on any atom is -0.496 e. The summed E-state index contributed by atoms with van der Waals surface area (Å²) >= 11 is 5.03. The first kappa shape index (κ1) is 26.5. The van der Waals surface area contributed by atoms with Gasteiger partial charge in [0.1, 0.15) is 17.2 Å². The summed E-state index contributed by atoms with van der Waals surface area (Å²) in [6.07, 6.45) is 1.69. The maximum atomic E-state index is 14.1. The normalized spacial score (nSPS) is 26.4. The van der Waals surface area contributed by atoms with Gasteiger partial charge < -0.3 is 24.2 Å². The molecule has 1 N–H and O–H groups in total. The van der Waals surface area contributed by atoms with Crippen molar-refractivity contribution in [1.29, 1.82) is 0 Å². The molecule has 37 heavy (non-hydrogen) atoms. The van der Waals surface area contributed by atoms with Crippen molar-refractivity contribution < 1.29 is 33.7 Å². The van der Waals surface area contributed by atoms with Gasteiger partial charge in [-0.25, -0.2) is 4.79 Å². The number of methoxy groups -OCH3 is 1. The third kappa shape index (κ3) is 5.03.